The molecule has 1 heterocycles. The van der Waals surface area contributed by atoms with Gasteiger partial charge < -0.3 is 14.4 Å². The number of alkyl halides is 1. The number of amides is 1. The summed E-state index contributed by atoms with van der Waals surface area (Å²) in [6.07, 6.45) is 3.06. The first-order valence-electron chi connectivity index (χ1n) is 6.79. The summed E-state index contributed by atoms with van der Waals surface area (Å²) < 4.78 is 10.9. The third-order valence-electron chi connectivity index (χ3n) is 3.78. The Morgan fingerprint density at radius 2 is 2.28 bits per heavy atom. The molecule has 1 aliphatic heterocycles. The van der Waals surface area contributed by atoms with Gasteiger partial charge in [-0.3, -0.25) is 4.79 Å². The summed E-state index contributed by atoms with van der Waals surface area (Å²) >= 11 is 5.87. The van der Waals surface area contributed by atoms with E-state index in [0.29, 0.717) is 44.1 Å². The SMILES string of the molecule is CCOC1CC(CC(=O)N2CCOCC2CCl)C1. The van der Waals surface area contributed by atoms with Gasteiger partial charge in [0.05, 0.1) is 25.4 Å². The van der Waals surface area contributed by atoms with E-state index in [1.807, 2.05) is 11.8 Å². The van der Waals surface area contributed by atoms with Gasteiger partial charge in [-0.2, -0.15) is 0 Å². The van der Waals surface area contributed by atoms with E-state index in [9.17, 15) is 4.79 Å². The average Bonchev–Trinajstić information content (AvgIpc) is 2.36. The number of carbonyl (C=O) groups is 1. The van der Waals surface area contributed by atoms with Crippen molar-refractivity contribution in [1.29, 1.82) is 0 Å². The predicted octanol–water partition coefficient (Wildman–Crippen LogP) is 1.66. The first-order chi connectivity index (χ1) is 8.74. The van der Waals surface area contributed by atoms with Gasteiger partial charge in [-0.15, -0.1) is 11.6 Å². The van der Waals surface area contributed by atoms with Crippen LogP contribution in [0.15, 0.2) is 0 Å². The maximum absolute atomic E-state index is 12.2. The minimum absolute atomic E-state index is 0.0516. The summed E-state index contributed by atoms with van der Waals surface area (Å²) in [6, 6.07) is 0.0516. The first-order valence-corrected chi connectivity index (χ1v) is 7.32. The Morgan fingerprint density at radius 1 is 1.50 bits per heavy atom. The van der Waals surface area contributed by atoms with Gasteiger partial charge in [0.2, 0.25) is 5.91 Å². The Balaban J connectivity index is 1.74. The van der Waals surface area contributed by atoms with Crippen LogP contribution >= 0.6 is 11.6 Å². The predicted molar refractivity (Wildman–Crippen MR) is 69.8 cm³/mol. The van der Waals surface area contributed by atoms with E-state index in [2.05, 4.69) is 0 Å². The zero-order chi connectivity index (χ0) is 13.0. The van der Waals surface area contributed by atoms with Gasteiger partial charge in [-0.05, 0) is 25.7 Å². The molecule has 0 spiro atoms. The molecular formula is C13H22ClNO3. The standard InChI is InChI=1S/C13H22ClNO3/c1-2-18-12-5-10(6-12)7-13(16)15-3-4-17-9-11(15)8-14/h10-12H,2-9H2,1H3. The second kappa shape index (κ2) is 6.73. The van der Waals surface area contributed by atoms with Crippen LogP contribution in [0.25, 0.3) is 0 Å². The van der Waals surface area contributed by atoms with Gasteiger partial charge >= 0.3 is 0 Å². The van der Waals surface area contributed by atoms with Crippen molar-refractivity contribution >= 4 is 17.5 Å². The molecule has 2 fully saturated rings. The molecule has 1 saturated carbocycles. The zero-order valence-electron chi connectivity index (χ0n) is 10.9. The van der Waals surface area contributed by atoms with Gasteiger partial charge in [0, 0.05) is 25.5 Å². The van der Waals surface area contributed by atoms with Crippen LogP contribution in [0.4, 0.5) is 0 Å². The molecule has 2 aliphatic rings. The van der Waals surface area contributed by atoms with Crippen molar-refractivity contribution in [3.8, 4) is 0 Å². The number of halogens is 1. The van der Waals surface area contributed by atoms with Crippen LogP contribution < -0.4 is 0 Å². The molecule has 0 radical (unpaired) electrons. The summed E-state index contributed by atoms with van der Waals surface area (Å²) in [7, 11) is 0. The molecule has 0 aromatic heterocycles. The molecule has 1 atom stereocenters. The lowest BCUT2D eigenvalue weighted by Gasteiger charge is -2.38. The first kappa shape index (κ1) is 14.1. The molecule has 18 heavy (non-hydrogen) atoms. The van der Waals surface area contributed by atoms with Crippen molar-refractivity contribution in [1.82, 2.24) is 4.90 Å². The van der Waals surface area contributed by atoms with Gasteiger partial charge in [0.25, 0.3) is 0 Å². The maximum Gasteiger partial charge on any atom is 0.223 e. The summed E-state index contributed by atoms with van der Waals surface area (Å²) in [6.45, 7) is 4.66. The number of ether oxygens (including phenoxy) is 2. The number of hydrogen-bond acceptors (Lipinski definition) is 3. The molecule has 0 aromatic rings. The third kappa shape index (κ3) is 3.37. The van der Waals surface area contributed by atoms with Crippen LogP contribution in [0.5, 0.6) is 0 Å². The van der Waals surface area contributed by atoms with E-state index in [-0.39, 0.29) is 11.9 Å². The van der Waals surface area contributed by atoms with Crippen LogP contribution in [0.2, 0.25) is 0 Å². The molecular weight excluding hydrogens is 254 g/mol. The van der Waals surface area contributed by atoms with Crippen molar-refractivity contribution in [2.24, 2.45) is 5.92 Å². The highest BCUT2D eigenvalue weighted by molar-refractivity contribution is 6.18. The highest BCUT2D eigenvalue weighted by Gasteiger charge is 2.34. The van der Waals surface area contributed by atoms with E-state index in [4.69, 9.17) is 21.1 Å². The zero-order valence-corrected chi connectivity index (χ0v) is 11.7. The summed E-state index contributed by atoms with van der Waals surface area (Å²) in [5.74, 6) is 1.18. The van der Waals surface area contributed by atoms with Crippen molar-refractivity contribution in [2.45, 2.75) is 38.3 Å². The monoisotopic (exact) mass is 275 g/mol. The van der Waals surface area contributed by atoms with Gasteiger partial charge in [0.1, 0.15) is 0 Å². The fourth-order valence-corrected chi connectivity index (χ4v) is 2.94. The average molecular weight is 276 g/mol. The Hall–Kier alpha value is -0.320. The number of hydrogen-bond donors (Lipinski definition) is 0. The second-order valence-electron chi connectivity index (χ2n) is 5.09. The number of rotatable bonds is 5. The van der Waals surface area contributed by atoms with E-state index in [0.717, 1.165) is 19.4 Å². The molecule has 1 saturated heterocycles. The topological polar surface area (TPSA) is 38.8 Å². The molecule has 1 unspecified atom stereocenters. The molecule has 2 rings (SSSR count). The summed E-state index contributed by atoms with van der Waals surface area (Å²) in [4.78, 5) is 14.1. The van der Waals surface area contributed by atoms with Gasteiger partial charge in [-0.1, -0.05) is 0 Å². The quantitative estimate of drug-likeness (QED) is 0.717. The number of carbonyl (C=O) groups excluding carboxylic acids is 1. The second-order valence-corrected chi connectivity index (χ2v) is 5.40. The largest absolute Gasteiger partial charge is 0.378 e. The van der Waals surface area contributed by atoms with Gasteiger partial charge in [-0.25, -0.2) is 0 Å². The Bertz CT molecular complexity index is 281. The van der Waals surface area contributed by atoms with Crippen LogP contribution in [0.1, 0.15) is 26.2 Å². The summed E-state index contributed by atoms with van der Waals surface area (Å²) in [5.41, 5.74) is 0. The van der Waals surface area contributed by atoms with Crippen molar-refractivity contribution in [3.63, 3.8) is 0 Å². The van der Waals surface area contributed by atoms with Crippen molar-refractivity contribution in [2.75, 3.05) is 32.2 Å². The lowest BCUT2D eigenvalue weighted by atomic mass is 9.79. The van der Waals surface area contributed by atoms with Gasteiger partial charge in [0.15, 0.2) is 0 Å². The Labute approximate surface area is 114 Å². The minimum atomic E-state index is 0.0516. The number of nitrogens with zero attached hydrogens (tertiary/aromatic N) is 1. The normalized spacial score (nSPS) is 32.1. The minimum Gasteiger partial charge on any atom is -0.378 e. The van der Waals surface area contributed by atoms with E-state index < -0.39 is 0 Å². The van der Waals surface area contributed by atoms with E-state index in [1.165, 1.54) is 0 Å². The van der Waals surface area contributed by atoms with Crippen molar-refractivity contribution < 1.29 is 14.3 Å². The Kier molecular flexibility index (Phi) is 5.27. The van der Waals surface area contributed by atoms with E-state index >= 15 is 0 Å². The van der Waals surface area contributed by atoms with Crippen LogP contribution in [-0.2, 0) is 14.3 Å². The molecule has 1 amide bonds. The lowest BCUT2D eigenvalue weighted by molar-refractivity contribution is -0.142. The smallest absolute Gasteiger partial charge is 0.223 e. The van der Waals surface area contributed by atoms with Crippen molar-refractivity contribution in [3.05, 3.63) is 0 Å². The fraction of sp³-hybridized carbons (Fsp3) is 0.923. The molecule has 0 aromatic carbocycles. The molecule has 4 nitrogen and oxygen atoms in total. The van der Waals surface area contributed by atoms with Crippen LogP contribution in [0, 0.1) is 5.92 Å². The Morgan fingerprint density at radius 3 is 2.94 bits per heavy atom. The number of morpholine rings is 1. The fourth-order valence-electron chi connectivity index (χ4n) is 2.69. The maximum atomic E-state index is 12.2. The highest BCUT2D eigenvalue weighted by atomic mass is 35.5. The molecule has 5 heteroatoms. The van der Waals surface area contributed by atoms with E-state index in [1.54, 1.807) is 0 Å². The van der Waals surface area contributed by atoms with Crippen LogP contribution in [-0.4, -0.2) is 55.2 Å². The highest BCUT2D eigenvalue weighted by Crippen LogP contribution is 2.33. The third-order valence-corrected chi connectivity index (χ3v) is 4.14. The lowest BCUT2D eigenvalue weighted by Crippen LogP contribution is -2.50. The molecule has 0 bridgehead atoms. The summed E-state index contributed by atoms with van der Waals surface area (Å²) in [5, 5.41) is 0. The molecule has 1 aliphatic carbocycles. The van der Waals surface area contributed by atoms with Crippen LogP contribution in [0.3, 0.4) is 0 Å². The molecule has 104 valence electrons. The molecule has 0 N–H and O–H groups in total.